The summed E-state index contributed by atoms with van der Waals surface area (Å²) in [5.74, 6) is 1.16. The van der Waals surface area contributed by atoms with E-state index in [1.807, 2.05) is 11.8 Å². The molecule has 3 rings (SSSR count). The molecular formula is C9H6S2. The van der Waals surface area contributed by atoms with E-state index in [-0.39, 0.29) is 0 Å². The zero-order valence-electron chi connectivity index (χ0n) is 5.83. The lowest BCUT2D eigenvalue weighted by molar-refractivity contribution is 1.75. The van der Waals surface area contributed by atoms with Crippen molar-refractivity contribution in [1.29, 1.82) is 0 Å². The molecule has 1 aliphatic carbocycles. The Hall–Kier alpha value is -0.470. The van der Waals surface area contributed by atoms with E-state index in [1.165, 1.54) is 21.6 Å². The van der Waals surface area contributed by atoms with Gasteiger partial charge in [-0.2, -0.15) is 11.3 Å². The van der Waals surface area contributed by atoms with E-state index in [9.17, 15) is 0 Å². The molecule has 0 nitrogen and oxygen atoms in total. The van der Waals surface area contributed by atoms with Crippen LogP contribution in [0.25, 0.3) is 11.6 Å². The van der Waals surface area contributed by atoms with Gasteiger partial charge >= 0.3 is 0 Å². The summed E-state index contributed by atoms with van der Waals surface area (Å²) in [5, 5.41) is 4.47. The minimum Gasteiger partial charge on any atom is -0.151 e. The lowest BCUT2D eigenvalue weighted by Crippen LogP contribution is -1.71. The molecule has 0 aromatic carbocycles. The minimum atomic E-state index is 1.16. The van der Waals surface area contributed by atoms with E-state index in [0.717, 1.165) is 5.75 Å². The van der Waals surface area contributed by atoms with Crippen LogP contribution in [0, 0.1) is 0 Å². The van der Waals surface area contributed by atoms with Gasteiger partial charge in [-0.15, -0.1) is 11.8 Å². The SMILES string of the molecule is C1=C2SCC=C2c2cscc21. The summed E-state index contributed by atoms with van der Waals surface area (Å²) < 4.78 is 0. The summed E-state index contributed by atoms with van der Waals surface area (Å²) in [6.07, 6.45) is 4.63. The molecule has 2 heteroatoms. The normalized spacial score (nSPS) is 19.3. The lowest BCUT2D eigenvalue weighted by atomic mass is 10.1. The second-order valence-corrected chi connectivity index (χ2v) is 4.48. The number of fused-ring (bicyclic) bond motifs is 3. The van der Waals surface area contributed by atoms with Gasteiger partial charge in [0.1, 0.15) is 0 Å². The van der Waals surface area contributed by atoms with Crippen molar-refractivity contribution in [3.63, 3.8) is 0 Å². The fourth-order valence-corrected chi connectivity index (χ4v) is 3.33. The largest absolute Gasteiger partial charge is 0.151 e. The topological polar surface area (TPSA) is 0 Å². The van der Waals surface area contributed by atoms with Gasteiger partial charge in [0.15, 0.2) is 0 Å². The maximum absolute atomic E-state index is 2.33. The standard InChI is InChI=1S/C9H6S2/c1-2-11-9-3-6-4-10-5-8(6)7(1)9/h1,3-5H,2H2. The molecule has 0 bridgehead atoms. The maximum atomic E-state index is 2.33. The number of hydrogen-bond acceptors (Lipinski definition) is 2. The van der Waals surface area contributed by atoms with Crippen molar-refractivity contribution in [2.24, 2.45) is 0 Å². The van der Waals surface area contributed by atoms with E-state index in [0.29, 0.717) is 0 Å². The molecule has 0 spiro atoms. The van der Waals surface area contributed by atoms with Gasteiger partial charge < -0.3 is 0 Å². The average Bonchev–Trinajstić information content (AvgIpc) is 2.52. The van der Waals surface area contributed by atoms with E-state index in [4.69, 9.17) is 0 Å². The first-order valence-electron chi connectivity index (χ1n) is 3.57. The Balaban J connectivity index is 2.32. The molecule has 1 aromatic rings. The predicted octanol–water partition coefficient (Wildman–Crippen LogP) is 3.23. The summed E-state index contributed by atoms with van der Waals surface area (Å²) in [6, 6.07) is 0. The second-order valence-electron chi connectivity index (χ2n) is 2.68. The molecule has 1 aromatic heterocycles. The third-order valence-corrected chi connectivity index (χ3v) is 3.80. The van der Waals surface area contributed by atoms with Crippen LogP contribution < -0.4 is 0 Å². The molecule has 0 amide bonds. The predicted molar refractivity (Wildman–Crippen MR) is 52.7 cm³/mol. The van der Waals surface area contributed by atoms with E-state index in [1.54, 1.807) is 11.3 Å². The van der Waals surface area contributed by atoms with Gasteiger partial charge in [-0.05, 0) is 28.0 Å². The van der Waals surface area contributed by atoms with Crippen LogP contribution in [0.3, 0.4) is 0 Å². The van der Waals surface area contributed by atoms with Gasteiger partial charge in [0, 0.05) is 16.2 Å². The van der Waals surface area contributed by atoms with Gasteiger partial charge in [-0.1, -0.05) is 6.08 Å². The Morgan fingerprint density at radius 1 is 1.27 bits per heavy atom. The molecule has 0 fully saturated rings. The van der Waals surface area contributed by atoms with Gasteiger partial charge in [0.2, 0.25) is 0 Å². The van der Waals surface area contributed by atoms with E-state index < -0.39 is 0 Å². The van der Waals surface area contributed by atoms with Gasteiger partial charge in [0.25, 0.3) is 0 Å². The van der Waals surface area contributed by atoms with E-state index in [2.05, 4.69) is 22.9 Å². The Morgan fingerprint density at radius 3 is 3.27 bits per heavy atom. The number of rotatable bonds is 0. The molecule has 2 heterocycles. The van der Waals surface area contributed by atoms with Gasteiger partial charge in [-0.3, -0.25) is 0 Å². The zero-order chi connectivity index (χ0) is 7.26. The van der Waals surface area contributed by atoms with Crippen molar-refractivity contribution < 1.29 is 0 Å². The van der Waals surface area contributed by atoms with Crippen molar-refractivity contribution in [3.05, 3.63) is 32.9 Å². The molecule has 2 aliphatic rings. The molecule has 1 aliphatic heterocycles. The fraction of sp³-hybridized carbons (Fsp3) is 0.111. The first kappa shape index (κ1) is 6.09. The number of hydrogen-bond donors (Lipinski definition) is 0. The minimum absolute atomic E-state index is 1.16. The molecular weight excluding hydrogens is 172 g/mol. The molecule has 0 radical (unpaired) electrons. The van der Waals surface area contributed by atoms with Crippen molar-refractivity contribution >= 4 is 34.7 Å². The Bertz CT molecular complexity index is 369. The Labute approximate surface area is 73.6 Å². The lowest BCUT2D eigenvalue weighted by Gasteiger charge is -1.92. The Kier molecular flexibility index (Phi) is 1.12. The molecule has 11 heavy (non-hydrogen) atoms. The first-order chi connectivity index (χ1) is 5.45. The fourth-order valence-electron chi connectivity index (χ4n) is 1.53. The van der Waals surface area contributed by atoms with Crippen LogP contribution in [0.15, 0.2) is 21.7 Å². The monoisotopic (exact) mass is 178 g/mol. The maximum Gasteiger partial charge on any atom is 0.0170 e. The van der Waals surface area contributed by atoms with Crippen molar-refractivity contribution in [2.45, 2.75) is 0 Å². The summed E-state index contributed by atoms with van der Waals surface area (Å²) in [4.78, 5) is 1.47. The highest BCUT2D eigenvalue weighted by atomic mass is 32.2. The number of thioether (sulfide) groups is 1. The highest BCUT2D eigenvalue weighted by molar-refractivity contribution is 8.04. The van der Waals surface area contributed by atoms with Crippen LogP contribution in [0.2, 0.25) is 0 Å². The summed E-state index contributed by atoms with van der Waals surface area (Å²) in [5.41, 5.74) is 4.35. The Morgan fingerprint density at radius 2 is 2.27 bits per heavy atom. The first-order valence-corrected chi connectivity index (χ1v) is 5.49. The molecule has 0 saturated heterocycles. The molecule has 0 saturated carbocycles. The average molecular weight is 178 g/mol. The van der Waals surface area contributed by atoms with Gasteiger partial charge in [-0.25, -0.2) is 0 Å². The molecule has 0 unspecified atom stereocenters. The summed E-state index contributed by atoms with van der Waals surface area (Å²) >= 11 is 3.74. The third kappa shape index (κ3) is 0.713. The highest BCUT2D eigenvalue weighted by Crippen LogP contribution is 2.46. The molecule has 54 valence electrons. The third-order valence-electron chi connectivity index (χ3n) is 2.06. The zero-order valence-corrected chi connectivity index (χ0v) is 7.47. The van der Waals surface area contributed by atoms with Crippen LogP contribution in [-0.4, -0.2) is 5.75 Å². The van der Waals surface area contributed by atoms with Crippen LogP contribution in [0.5, 0.6) is 0 Å². The van der Waals surface area contributed by atoms with Crippen molar-refractivity contribution in [3.8, 4) is 0 Å². The number of thiophene rings is 1. The van der Waals surface area contributed by atoms with Crippen LogP contribution >= 0.6 is 23.1 Å². The van der Waals surface area contributed by atoms with Crippen LogP contribution in [0.1, 0.15) is 11.1 Å². The second kappa shape index (κ2) is 2.02. The summed E-state index contributed by atoms with van der Waals surface area (Å²) in [7, 11) is 0. The molecule has 0 atom stereocenters. The van der Waals surface area contributed by atoms with Crippen LogP contribution in [-0.2, 0) is 0 Å². The van der Waals surface area contributed by atoms with E-state index >= 15 is 0 Å². The van der Waals surface area contributed by atoms with Crippen LogP contribution in [0.4, 0.5) is 0 Å². The smallest absolute Gasteiger partial charge is 0.0170 e. The number of allylic oxidation sites excluding steroid dienone is 1. The summed E-state index contributed by atoms with van der Waals surface area (Å²) in [6.45, 7) is 0. The highest BCUT2D eigenvalue weighted by Gasteiger charge is 2.22. The van der Waals surface area contributed by atoms with Crippen molar-refractivity contribution in [1.82, 2.24) is 0 Å². The van der Waals surface area contributed by atoms with Gasteiger partial charge in [0.05, 0.1) is 0 Å². The quantitative estimate of drug-likeness (QED) is 0.587. The van der Waals surface area contributed by atoms with Crippen molar-refractivity contribution in [2.75, 3.05) is 5.75 Å². The molecule has 0 N–H and O–H groups in total.